The third-order valence-corrected chi connectivity index (χ3v) is 9.63. The number of hydrogen-bond donors (Lipinski definition) is 1. The van der Waals surface area contributed by atoms with Gasteiger partial charge in [0.2, 0.25) is 0 Å². The van der Waals surface area contributed by atoms with E-state index in [1.807, 2.05) is 17.0 Å². The molecule has 1 spiro atoms. The second kappa shape index (κ2) is 8.81. The maximum atomic E-state index is 13.8. The molecule has 194 valence electrons. The molecular formula is C32H38N2O3. The van der Waals surface area contributed by atoms with Gasteiger partial charge in [0.1, 0.15) is 17.6 Å². The van der Waals surface area contributed by atoms with Gasteiger partial charge in [0, 0.05) is 40.6 Å². The van der Waals surface area contributed by atoms with Gasteiger partial charge < -0.3 is 19.6 Å². The molecule has 0 radical (unpaired) electrons. The molecule has 0 aromatic heterocycles. The van der Waals surface area contributed by atoms with E-state index in [0.717, 1.165) is 49.1 Å². The predicted octanol–water partition coefficient (Wildman–Crippen LogP) is 4.58. The van der Waals surface area contributed by atoms with E-state index in [0.29, 0.717) is 30.2 Å². The molecule has 2 heterocycles. The van der Waals surface area contributed by atoms with Crippen molar-refractivity contribution in [2.75, 3.05) is 20.1 Å². The summed E-state index contributed by atoms with van der Waals surface area (Å²) in [7, 11) is 2.22. The van der Waals surface area contributed by atoms with Crippen LogP contribution >= 0.6 is 0 Å². The quantitative estimate of drug-likeness (QED) is 0.630. The zero-order chi connectivity index (χ0) is 26.1. The summed E-state index contributed by atoms with van der Waals surface area (Å²) >= 11 is 0. The number of carbonyl (C=O) groups is 1. The Hall–Kier alpha value is -2.97. The van der Waals surface area contributed by atoms with Crippen LogP contribution < -0.4 is 4.74 Å². The SMILES string of the molecule is Cc1ccc(C#CC(=O)N(CC(C)C)[C@H]2CC[C@H]3[C@H]4Cc5c(O)ccc6c5[C@@]3(CCN4C)[C@H]2O6)cc1C. The summed E-state index contributed by atoms with van der Waals surface area (Å²) in [6.45, 7) is 10.1. The molecule has 5 nitrogen and oxygen atoms in total. The molecule has 1 amide bonds. The molecule has 2 aliphatic heterocycles. The van der Waals surface area contributed by atoms with Gasteiger partial charge in [0.05, 0.1) is 6.04 Å². The number of rotatable bonds is 3. The van der Waals surface area contributed by atoms with E-state index < -0.39 is 0 Å². The van der Waals surface area contributed by atoms with E-state index in [-0.39, 0.29) is 23.5 Å². The van der Waals surface area contributed by atoms with E-state index in [1.165, 1.54) is 16.7 Å². The van der Waals surface area contributed by atoms with Gasteiger partial charge in [-0.05, 0) is 100 Å². The fourth-order valence-corrected chi connectivity index (χ4v) is 7.82. The molecule has 2 aromatic rings. The van der Waals surface area contributed by atoms with Crippen molar-refractivity contribution in [1.82, 2.24) is 9.80 Å². The van der Waals surface area contributed by atoms with E-state index in [2.05, 4.69) is 63.6 Å². The summed E-state index contributed by atoms with van der Waals surface area (Å²) in [5, 5.41) is 10.9. The van der Waals surface area contributed by atoms with Gasteiger partial charge in [-0.25, -0.2) is 0 Å². The lowest BCUT2D eigenvalue weighted by molar-refractivity contribution is -0.137. The Morgan fingerprint density at radius 3 is 2.78 bits per heavy atom. The number of aromatic hydroxyl groups is 1. The highest BCUT2D eigenvalue weighted by Crippen LogP contribution is 2.63. The Labute approximate surface area is 220 Å². The molecule has 4 aliphatic rings. The van der Waals surface area contributed by atoms with Crippen LogP contribution in [0.5, 0.6) is 11.5 Å². The second-order valence-corrected chi connectivity index (χ2v) is 12.2. The number of carbonyl (C=O) groups excluding carboxylic acids is 1. The van der Waals surface area contributed by atoms with Crippen molar-refractivity contribution < 1.29 is 14.6 Å². The lowest BCUT2D eigenvalue weighted by atomic mass is 9.51. The zero-order valence-corrected chi connectivity index (χ0v) is 22.7. The molecule has 2 aliphatic carbocycles. The van der Waals surface area contributed by atoms with Crippen LogP contribution in [0.4, 0.5) is 0 Å². The van der Waals surface area contributed by atoms with Crippen LogP contribution in [0.3, 0.4) is 0 Å². The van der Waals surface area contributed by atoms with Gasteiger partial charge in [-0.2, -0.15) is 0 Å². The molecule has 2 bridgehead atoms. The highest BCUT2D eigenvalue weighted by Gasteiger charge is 2.66. The average molecular weight is 499 g/mol. The van der Waals surface area contributed by atoms with E-state index in [4.69, 9.17) is 4.74 Å². The number of aryl methyl sites for hydroxylation is 2. The summed E-state index contributed by atoms with van der Waals surface area (Å²) < 4.78 is 6.81. The first-order valence-corrected chi connectivity index (χ1v) is 13.8. The summed E-state index contributed by atoms with van der Waals surface area (Å²) in [6.07, 6.45) is 3.73. The first kappa shape index (κ1) is 24.4. The summed E-state index contributed by atoms with van der Waals surface area (Å²) in [6, 6.07) is 10.2. The first-order valence-electron chi connectivity index (χ1n) is 13.8. The van der Waals surface area contributed by atoms with Gasteiger partial charge in [-0.1, -0.05) is 25.8 Å². The van der Waals surface area contributed by atoms with Crippen LogP contribution in [0.15, 0.2) is 30.3 Å². The minimum absolute atomic E-state index is 0.0373. The number of nitrogens with zero attached hydrogens (tertiary/aromatic N) is 2. The van der Waals surface area contributed by atoms with Crippen LogP contribution in [0.1, 0.15) is 60.9 Å². The van der Waals surface area contributed by atoms with Crippen molar-refractivity contribution in [2.45, 2.75) is 77.0 Å². The number of benzene rings is 2. The Bertz CT molecular complexity index is 1320. The number of hydrogen-bond acceptors (Lipinski definition) is 4. The summed E-state index contributed by atoms with van der Waals surface area (Å²) in [4.78, 5) is 18.2. The van der Waals surface area contributed by atoms with Gasteiger partial charge in [-0.3, -0.25) is 4.79 Å². The Morgan fingerprint density at radius 1 is 1.22 bits per heavy atom. The van der Waals surface area contributed by atoms with Crippen molar-refractivity contribution in [3.8, 4) is 23.3 Å². The van der Waals surface area contributed by atoms with Crippen LogP contribution in [0.25, 0.3) is 0 Å². The number of amides is 1. The first-order chi connectivity index (χ1) is 17.7. The zero-order valence-electron chi connectivity index (χ0n) is 22.7. The third-order valence-electron chi connectivity index (χ3n) is 9.63. The van der Waals surface area contributed by atoms with Crippen molar-refractivity contribution in [2.24, 2.45) is 11.8 Å². The van der Waals surface area contributed by atoms with Crippen molar-refractivity contribution in [1.29, 1.82) is 0 Å². The van der Waals surface area contributed by atoms with Crippen LogP contribution in [0.2, 0.25) is 0 Å². The number of likely N-dealkylation sites (tertiary alicyclic amines) is 1. The smallest absolute Gasteiger partial charge is 0.299 e. The van der Waals surface area contributed by atoms with E-state index >= 15 is 0 Å². The van der Waals surface area contributed by atoms with Gasteiger partial charge in [-0.15, -0.1) is 0 Å². The van der Waals surface area contributed by atoms with Crippen molar-refractivity contribution in [3.05, 3.63) is 58.1 Å². The standard InChI is InChI=1S/C32H38N2O3/c1-19(2)18-34(29(36)13-8-22-7-6-20(3)21(4)16-22)25-10-9-24-26-17-23-27(35)11-12-28-30(23)32(24,31(25)37-28)14-15-33(26)5/h6-7,11-12,16,19,24-26,31,35H,9-10,14-15,17-18H2,1-5H3/t24-,25-,26+,31-,32-/m0/s1. The molecule has 2 fully saturated rings. The van der Waals surface area contributed by atoms with Crippen LogP contribution in [-0.2, 0) is 16.6 Å². The van der Waals surface area contributed by atoms with Crippen LogP contribution in [0, 0.1) is 37.5 Å². The maximum absolute atomic E-state index is 13.8. The maximum Gasteiger partial charge on any atom is 0.299 e. The topological polar surface area (TPSA) is 53.0 Å². The Balaban J connectivity index is 1.39. The Morgan fingerprint density at radius 2 is 2.03 bits per heavy atom. The van der Waals surface area contributed by atoms with Crippen molar-refractivity contribution in [3.63, 3.8) is 0 Å². The minimum atomic E-state index is -0.154. The average Bonchev–Trinajstić information content (AvgIpc) is 3.20. The highest BCUT2D eigenvalue weighted by molar-refractivity contribution is 5.94. The molecule has 5 heteroatoms. The lowest BCUT2D eigenvalue weighted by Gasteiger charge is -2.60. The van der Waals surface area contributed by atoms with E-state index in [9.17, 15) is 9.90 Å². The third kappa shape index (κ3) is 3.67. The van der Waals surface area contributed by atoms with Gasteiger partial charge in [0.25, 0.3) is 5.91 Å². The number of phenolic OH excluding ortho intramolecular Hbond substituents is 1. The normalized spacial score (nSPS) is 29.2. The van der Waals surface area contributed by atoms with Crippen LogP contribution in [-0.4, -0.2) is 59.1 Å². The predicted molar refractivity (Wildman–Crippen MR) is 145 cm³/mol. The van der Waals surface area contributed by atoms with Crippen molar-refractivity contribution >= 4 is 5.91 Å². The fraction of sp³-hybridized carbons (Fsp3) is 0.531. The molecule has 1 N–H and O–H groups in total. The molecular weight excluding hydrogens is 460 g/mol. The molecule has 6 rings (SSSR count). The fourth-order valence-electron chi connectivity index (χ4n) is 7.82. The Kier molecular flexibility index (Phi) is 5.80. The number of likely N-dealkylation sites (N-methyl/N-ethyl adjacent to an activating group) is 1. The highest BCUT2D eigenvalue weighted by atomic mass is 16.5. The molecule has 37 heavy (non-hydrogen) atoms. The second-order valence-electron chi connectivity index (χ2n) is 12.2. The molecule has 1 saturated heterocycles. The molecule has 2 aromatic carbocycles. The largest absolute Gasteiger partial charge is 0.508 e. The molecule has 1 saturated carbocycles. The molecule has 0 unspecified atom stereocenters. The monoisotopic (exact) mass is 498 g/mol. The van der Waals surface area contributed by atoms with E-state index in [1.54, 1.807) is 6.07 Å². The number of piperidine rings is 1. The number of phenols is 1. The minimum Gasteiger partial charge on any atom is -0.508 e. The molecule has 5 atom stereocenters. The van der Waals surface area contributed by atoms with Gasteiger partial charge in [0.15, 0.2) is 0 Å². The summed E-state index contributed by atoms with van der Waals surface area (Å²) in [5.74, 6) is 8.11. The summed E-state index contributed by atoms with van der Waals surface area (Å²) in [5.41, 5.74) is 5.42. The number of ether oxygens (including phenoxy) is 1. The van der Waals surface area contributed by atoms with Gasteiger partial charge >= 0.3 is 0 Å². The lowest BCUT2D eigenvalue weighted by Crippen LogP contribution is -2.68.